The van der Waals surface area contributed by atoms with Gasteiger partial charge in [0.15, 0.2) is 0 Å². The average molecular weight is 289 g/mol. The number of pyridine rings is 1. The Morgan fingerprint density at radius 3 is 2.86 bits per heavy atom. The largest absolute Gasteiger partial charge is 0.351 e. The number of carbonyl (C=O) groups is 1. The molecular formula is C14H19N5O2. The maximum absolute atomic E-state index is 12.1. The van der Waals surface area contributed by atoms with Crippen molar-refractivity contribution in [3.63, 3.8) is 0 Å². The highest BCUT2D eigenvalue weighted by atomic mass is 16.2. The number of H-pyrrole nitrogens is 1. The molecule has 0 aromatic carbocycles. The highest BCUT2D eigenvalue weighted by Crippen LogP contribution is 2.03. The lowest BCUT2D eigenvalue weighted by molar-refractivity contribution is 0.0951. The van der Waals surface area contributed by atoms with Crippen LogP contribution in [-0.2, 0) is 13.0 Å². The van der Waals surface area contributed by atoms with Crippen LogP contribution in [0, 0.1) is 13.8 Å². The number of aromatic nitrogens is 4. The minimum Gasteiger partial charge on any atom is -0.351 e. The quantitative estimate of drug-likeness (QED) is 0.842. The lowest BCUT2D eigenvalue weighted by Gasteiger charge is -2.08. The van der Waals surface area contributed by atoms with E-state index in [-0.39, 0.29) is 17.0 Å². The fourth-order valence-electron chi connectivity index (χ4n) is 2.25. The number of rotatable bonds is 5. The van der Waals surface area contributed by atoms with Crippen LogP contribution in [0.3, 0.4) is 0 Å². The number of carbonyl (C=O) groups excluding carboxylic acids is 1. The number of nitrogens with zero attached hydrogens (tertiary/aromatic N) is 3. The molecule has 0 aliphatic heterocycles. The molecule has 2 heterocycles. The normalized spacial score (nSPS) is 10.6. The Balaban J connectivity index is 2.01. The molecule has 0 aliphatic carbocycles. The fourth-order valence-corrected chi connectivity index (χ4v) is 2.25. The molecule has 2 N–H and O–H groups in total. The standard InChI is InChI=1S/C14H19N5O2/c1-4-19-8-16-18-11(19)5-6-15-13(20)12-9(2)7-10(3)17-14(12)21/h7-8H,4-6H2,1-3H3,(H,15,20)(H,17,21). The molecule has 0 aliphatic rings. The maximum Gasteiger partial charge on any atom is 0.261 e. The average Bonchev–Trinajstić information content (AvgIpc) is 2.85. The Bertz CT molecular complexity index is 702. The second-order valence-corrected chi connectivity index (χ2v) is 4.88. The zero-order valence-corrected chi connectivity index (χ0v) is 12.4. The first-order chi connectivity index (χ1) is 10.0. The summed E-state index contributed by atoms with van der Waals surface area (Å²) in [7, 11) is 0. The third kappa shape index (κ3) is 3.36. The highest BCUT2D eigenvalue weighted by molar-refractivity contribution is 5.95. The van der Waals surface area contributed by atoms with Crippen molar-refractivity contribution in [3.8, 4) is 0 Å². The molecule has 0 atom stereocenters. The van der Waals surface area contributed by atoms with E-state index in [1.807, 2.05) is 11.5 Å². The number of nitrogens with one attached hydrogen (secondary N) is 2. The summed E-state index contributed by atoms with van der Waals surface area (Å²) in [6, 6.07) is 1.78. The molecule has 112 valence electrons. The summed E-state index contributed by atoms with van der Waals surface area (Å²) in [5.74, 6) is 0.448. The lowest BCUT2D eigenvalue weighted by Crippen LogP contribution is -2.32. The van der Waals surface area contributed by atoms with Gasteiger partial charge in [0, 0.05) is 25.2 Å². The summed E-state index contributed by atoms with van der Waals surface area (Å²) in [6.07, 6.45) is 2.23. The van der Waals surface area contributed by atoms with E-state index in [0.717, 1.165) is 18.1 Å². The third-order valence-electron chi connectivity index (χ3n) is 3.26. The molecule has 2 aromatic rings. The van der Waals surface area contributed by atoms with E-state index in [2.05, 4.69) is 20.5 Å². The number of aromatic amines is 1. The molecule has 21 heavy (non-hydrogen) atoms. The molecule has 2 rings (SSSR count). The fraction of sp³-hybridized carbons (Fsp3) is 0.429. The van der Waals surface area contributed by atoms with Crippen molar-refractivity contribution in [1.29, 1.82) is 0 Å². The predicted octanol–water partition coefficient (Wildman–Crippen LogP) is 0.576. The summed E-state index contributed by atoms with van der Waals surface area (Å²) in [4.78, 5) is 26.6. The van der Waals surface area contributed by atoms with Gasteiger partial charge in [0.2, 0.25) is 0 Å². The number of amides is 1. The molecule has 0 saturated heterocycles. The number of hydrogen-bond donors (Lipinski definition) is 2. The Labute approximate surface area is 122 Å². The molecule has 0 saturated carbocycles. The number of hydrogen-bond acceptors (Lipinski definition) is 4. The van der Waals surface area contributed by atoms with E-state index in [1.54, 1.807) is 26.2 Å². The van der Waals surface area contributed by atoms with E-state index in [4.69, 9.17) is 0 Å². The summed E-state index contributed by atoms with van der Waals surface area (Å²) >= 11 is 0. The maximum atomic E-state index is 12.1. The van der Waals surface area contributed by atoms with Gasteiger partial charge in [-0.05, 0) is 32.4 Å². The van der Waals surface area contributed by atoms with Crippen LogP contribution in [0.2, 0.25) is 0 Å². The van der Waals surface area contributed by atoms with Crippen LogP contribution in [0.4, 0.5) is 0 Å². The van der Waals surface area contributed by atoms with Gasteiger partial charge >= 0.3 is 0 Å². The molecule has 7 heteroatoms. The van der Waals surface area contributed by atoms with E-state index in [0.29, 0.717) is 18.5 Å². The first-order valence-corrected chi connectivity index (χ1v) is 6.88. The van der Waals surface area contributed by atoms with Gasteiger partial charge in [-0.3, -0.25) is 9.59 Å². The smallest absolute Gasteiger partial charge is 0.261 e. The number of aryl methyl sites for hydroxylation is 3. The first-order valence-electron chi connectivity index (χ1n) is 6.88. The molecule has 0 fully saturated rings. The zero-order chi connectivity index (χ0) is 15.4. The van der Waals surface area contributed by atoms with Crippen molar-refractivity contribution in [3.05, 3.63) is 45.4 Å². The van der Waals surface area contributed by atoms with Crippen LogP contribution in [0.1, 0.15) is 34.4 Å². The molecular weight excluding hydrogens is 270 g/mol. The molecule has 0 bridgehead atoms. The van der Waals surface area contributed by atoms with E-state index >= 15 is 0 Å². The van der Waals surface area contributed by atoms with Gasteiger partial charge in [-0.25, -0.2) is 0 Å². The predicted molar refractivity (Wildman–Crippen MR) is 78.3 cm³/mol. The SMILES string of the molecule is CCn1cnnc1CCNC(=O)c1c(C)cc(C)[nH]c1=O. The van der Waals surface area contributed by atoms with Crippen molar-refractivity contribution < 1.29 is 4.79 Å². The van der Waals surface area contributed by atoms with Gasteiger partial charge in [0.05, 0.1) is 0 Å². The summed E-state index contributed by atoms with van der Waals surface area (Å²) in [6.45, 7) is 6.73. The minimum atomic E-state index is -0.365. The van der Waals surface area contributed by atoms with Crippen LogP contribution < -0.4 is 10.9 Å². The topological polar surface area (TPSA) is 92.7 Å². The highest BCUT2D eigenvalue weighted by Gasteiger charge is 2.14. The Morgan fingerprint density at radius 1 is 1.43 bits per heavy atom. The Hall–Kier alpha value is -2.44. The molecule has 1 amide bonds. The lowest BCUT2D eigenvalue weighted by atomic mass is 10.1. The molecule has 0 unspecified atom stereocenters. The van der Waals surface area contributed by atoms with Crippen molar-refractivity contribution in [2.24, 2.45) is 0 Å². The molecule has 0 radical (unpaired) electrons. The van der Waals surface area contributed by atoms with Gasteiger partial charge in [-0.1, -0.05) is 0 Å². The minimum absolute atomic E-state index is 0.164. The second-order valence-electron chi connectivity index (χ2n) is 4.88. The van der Waals surface area contributed by atoms with Gasteiger partial charge in [-0.2, -0.15) is 0 Å². The van der Waals surface area contributed by atoms with Gasteiger partial charge in [0.25, 0.3) is 11.5 Å². The van der Waals surface area contributed by atoms with Crippen LogP contribution in [0.25, 0.3) is 0 Å². The van der Waals surface area contributed by atoms with Crippen molar-refractivity contribution in [2.75, 3.05) is 6.54 Å². The van der Waals surface area contributed by atoms with Crippen molar-refractivity contribution in [1.82, 2.24) is 25.1 Å². The van der Waals surface area contributed by atoms with Gasteiger partial charge < -0.3 is 14.9 Å². The second kappa shape index (κ2) is 6.34. The van der Waals surface area contributed by atoms with Crippen LogP contribution in [0.15, 0.2) is 17.2 Å². The van der Waals surface area contributed by atoms with E-state index in [9.17, 15) is 9.59 Å². The first kappa shape index (κ1) is 15.0. The molecule has 2 aromatic heterocycles. The summed E-state index contributed by atoms with van der Waals surface area (Å²) < 4.78 is 1.91. The van der Waals surface area contributed by atoms with Crippen LogP contribution >= 0.6 is 0 Å². The van der Waals surface area contributed by atoms with Gasteiger partial charge in [-0.15, -0.1) is 10.2 Å². The third-order valence-corrected chi connectivity index (χ3v) is 3.26. The monoisotopic (exact) mass is 289 g/mol. The van der Waals surface area contributed by atoms with Crippen molar-refractivity contribution in [2.45, 2.75) is 33.7 Å². The van der Waals surface area contributed by atoms with Crippen molar-refractivity contribution >= 4 is 5.91 Å². The summed E-state index contributed by atoms with van der Waals surface area (Å²) in [5.41, 5.74) is 1.22. The zero-order valence-electron chi connectivity index (χ0n) is 12.4. The summed E-state index contributed by atoms with van der Waals surface area (Å²) in [5, 5.41) is 10.6. The van der Waals surface area contributed by atoms with E-state index < -0.39 is 0 Å². The Morgan fingerprint density at radius 2 is 2.19 bits per heavy atom. The van der Waals surface area contributed by atoms with Gasteiger partial charge in [0.1, 0.15) is 17.7 Å². The van der Waals surface area contributed by atoms with Crippen LogP contribution in [0.5, 0.6) is 0 Å². The molecule has 0 spiro atoms. The van der Waals surface area contributed by atoms with Crippen LogP contribution in [-0.4, -0.2) is 32.2 Å². The molecule has 7 nitrogen and oxygen atoms in total. The van der Waals surface area contributed by atoms with E-state index in [1.165, 1.54) is 0 Å². The Kier molecular flexibility index (Phi) is 4.52.